The molecule has 2 aromatic carbocycles. The molecule has 1 amide bonds. The number of halogens is 2. The van der Waals surface area contributed by atoms with Crippen LogP contribution in [0.1, 0.15) is 23.1 Å². The maximum Gasteiger partial charge on any atom is 0.233 e. The molecule has 0 radical (unpaired) electrons. The average Bonchev–Trinajstić information content (AvgIpc) is 3.16. The number of aromatic nitrogens is 1. The van der Waals surface area contributed by atoms with Crippen LogP contribution in [-0.4, -0.2) is 55.2 Å². The van der Waals surface area contributed by atoms with Crippen LogP contribution < -0.4 is 4.90 Å². The van der Waals surface area contributed by atoms with E-state index in [0.717, 1.165) is 70.2 Å². The second kappa shape index (κ2) is 11.6. The molecule has 32 heavy (non-hydrogen) atoms. The molecule has 4 rings (SSSR count). The van der Waals surface area contributed by atoms with E-state index in [0.29, 0.717) is 13.0 Å². The van der Waals surface area contributed by atoms with Gasteiger partial charge >= 0.3 is 0 Å². The second-order valence-electron chi connectivity index (χ2n) is 8.07. The first-order valence-corrected chi connectivity index (χ1v) is 12.3. The minimum absolute atomic E-state index is 0. The van der Waals surface area contributed by atoms with Crippen LogP contribution in [0.15, 0.2) is 40.9 Å². The quantitative estimate of drug-likeness (QED) is 0.404. The molecule has 1 saturated heterocycles. The van der Waals surface area contributed by atoms with Crippen LogP contribution in [0.25, 0.3) is 10.2 Å². The number of thiazole rings is 1. The molecule has 3 aromatic rings. The van der Waals surface area contributed by atoms with E-state index in [1.165, 1.54) is 5.56 Å². The topological polar surface area (TPSA) is 45.7 Å². The standard InChI is InChI=1S/C24H28BrN3O2S.ClH/c1-17-4-5-19(18(2)14-17)15-23(29)28(9-3-8-27-10-12-30-13-11-27)24-26-21-7-6-20(25)16-22(21)31-24;/h4-7,14,16H,3,8-13,15H2,1-2H3;1H. The van der Waals surface area contributed by atoms with Gasteiger partial charge in [-0.05, 0) is 49.6 Å². The number of anilines is 1. The fourth-order valence-corrected chi connectivity index (χ4v) is 5.47. The molecule has 1 aliphatic rings. The van der Waals surface area contributed by atoms with Gasteiger partial charge in [-0.3, -0.25) is 14.6 Å². The first-order valence-electron chi connectivity index (χ1n) is 10.7. The summed E-state index contributed by atoms with van der Waals surface area (Å²) in [5.74, 6) is 0.104. The van der Waals surface area contributed by atoms with Crippen LogP contribution in [0.4, 0.5) is 5.13 Å². The average molecular weight is 539 g/mol. The number of hydrogen-bond acceptors (Lipinski definition) is 5. The summed E-state index contributed by atoms with van der Waals surface area (Å²) in [7, 11) is 0. The van der Waals surface area contributed by atoms with E-state index in [4.69, 9.17) is 9.72 Å². The molecule has 1 aliphatic heterocycles. The van der Waals surface area contributed by atoms with E-state index in [1.807, 2.05) is 17.0 Å². The number of hydrogen-bond donors (Lipinski definition) is 0. The van der Waals surface area contributed by atoms with Gasteiger partial charge in [-0.2, -0.15) is 0 Å². The van der Waals surface area contributed by atoms with E-state index in [-0.39, 0.29) is 18.3 Å². The third kappa shape index (κ3) is 6.29. The fraction of sp³-hybridized carbons (Fsp3) is 0.417. The molecule has 172 valence electrons. The van der Waals surface area contributed by atoms with Crippen molar-refractivity contribution in [3.05, 3.63) is 57.6 Å². The lowest BCUT2D eigenvalue weighted by Crippen LogP contribution is -2.39. The highest BCUT2D eigenvalue weighted by molar-refractivity contribution is 9.10. The van der Waals surface area contributed by atoms with Crippen LogP contribution in [-0.2, 0) is 16.0 Å². The highest BCUT2D eigenvalue weighted by Crippen LogP contribution is 2.31. The minimum atomic E-state index is 0. The zero-order valence-corrected chi connectivity index (χ0v) is 21.7. The van der Waals surface area contributed by atoms with Crippen molar-refractivity contribution >= 4 is 60.9 Å². The summed E-state index contributed by atoms with van der Waals surface area (Å²) in [6, 6.07) is 12.3. The summed E-state index contributed by atoms with van der Waals surface area (Å²) in [4.78, 5) is 22.5. The van der Waals surface area contributed by atoms with Crippen molar-refractivity contribution < 1.29 is 9.53 Å². The van der Waals surface area contributed by atoms with Crippen molar-refractivity contribution in [1.29, 1.82) is 0 Å². The fourth-order valence-electron chi connectivity index (χ4n) is 3.91. The van der Waals surface area contributed by atoms with E-state index >= 15 is 0 Å². The number of aryl methyl sites for hydroxylation is 2. The molecule has 1 aromatic heterocycles. The van der Waals surface area contributed by atoms with Crippen molar-refractivity contribution in [2.24, 2.45) is 0 Å². The Morgan fingerprint density at radius 3 is 2.72 bits per heavy atom. The molecule has 5 nitrogen and oxygen atoms in total. The van der Waals surface area contributed by atoms with E-state index in [2.05, 4.69) is 58.9 Å². The van der Waals surface area contributed by atoms with Crippen LogP contribution in [0, 0.1) is 13.8 Å². The summed E-state index contributed by atoms with van der Waals surface area (Å²) >= 11 is 5.12. The number of carbonyl (C=O) groups is 1. The predicted octanol–water partition coefficient (Wildman–Crippen LogP) is 5.40. The number of carbonyl (C=O) groups excluding carboxylic acids is 1. The van der Waals surface area contributed by atoms with E-state index in [9.17, 15) is 4.79 Å². The zero-order valence-electron chi connectivity index (χ0n) is 18.5. The summed E-state index contributed by atoms with van der Waals surface area (Å²) in [6.45, 7) is 9.31. The zero-order chi connectivity index (χ0) is 21.8. The summed E-state index contributed by atoms with van der Waals surface area (Å²) < 4.78 is 7.55. The van der Waals surface area contributed by atoms with Crippen molar-refractivity contribution in [3.8, 4) is 0 Å². The van der Waals surface area contributed by atoms with Gasteiger partial charge in [0.2, 0.25) is 5.91 Å². The monoisotopic (exact) mass is 537 g/mol. The predicted molar refractivity (Wildman–Crippen MR) is 138 cm³/mol. The normalized spacial score (nSPS) is 14.3. The van der Waals surface area contributed by atoms with Gasteiger partial charge in [-0.15, -0.1) is 12.4 Å². The highest BCUT2D eigenvalue weighted by Gasteiger charge is 2.21. The van der Waals surface area contributed by atoms with Gasteiger partial charge in [0.05, 0.1) is 29.9 Å². The van der Waals surface area contributed by atoms with Gasteiger partial charge in [0, 0.05) is 30.7 Å². The maximum atomic E-state index is 13.4. The van der Waals surface area contributed by atoms with Gasteiger partial charge in [0.15, 0.2) is 5.13 Å². The van der Waals surface area contributed by atoms with Crippen LogP contribution >= 0.6 is 39.7 Å². The third-order valence-electron chi connectivity index (χ3n) is 5.67. The Kier molecular flexibility index (Phi) is 9.08. The van der Waals surface area contributed by atoms with Crippen molar-refractivity contribution in [3.63, 3.8) is 0 Å². The Morgan fingerprint density at radius 2 is 1.97 bits per heavy atom. The number of nitrogens with zero attached hydrogens (tertiary/aromatic N) is 3. The molecule has 0 aliphatic carbocycles. The molecule has 2 heterocycles. The Bertz CT molecular complexity index is 1070. The summed E-state index contributed by atoms with van der Waals surface area (Å²) in [6.07, 6.45) is 1.31. The molecule has 8 heteroatoms. The molecule has 0 N–H and O–H groups in total. The molecular weight excluding hydrogens is 510 g/mol. The maximum absolute atomic E-state index is 13.4. The Morgan fingerprint density at radius 1 is 1.19 bits per heavy atom. The Hall–Kier alpha value is -1.51. The lowest BCUT2D eigenvalue weighted by molar-refractivity contribution is -0.118. The van der Waals surface area contributed by atoms with Gasteiger partial charge in [0.1, 0.15) is 0 Å². The number of amides is 1. The van der Waals surface area contributed by atoms with E-state index in [1.54, 1.807) is 11.3 Å². The van der Waals surface area contributed by atoms with Crippen molar-refractivity contribution in [2.75, 3.05) is 44.3 Å². The Balaban J connectivity index is 0.00000289. The van der Waals surface area contributed by atoms with Crippen LogP contribution in [0.5, 0.6) is 0 Å². The van der Waals surface area contributed by atoms with Gasteiger partial charge in [-0.25, -0.2) is 4.98 Å². The second-order valence-corrected chi connectivity index (χ2v) is 9.99. The number of rotatable bonds is 7. The Labute approximate surface area is 208 Å². The minimum Gasteiger partial charge on any atom is -0.379 e. The first kappa shape index (κ1) is 25.1. The lowest BCUT2D eigenvalue weighted by atomic mass is 10.0. The first-order chi connectivity index (χ1) is 15.0. The molecule has 0 saturated carbocycles. The molecule has 0 bridgehead atoms. The smallest absolute Gasteiger partial charge is 0.233 e. The number of morpholine rings is 1. The van der Waals surface area contributed by atoms with Crippen molar-refractivity contribution in [1.82, 2.24) is 9.88 Å². The van der Waals surface area contributed by atoms with Gasteiger partial charge in [0.25, 0.3) is 0 Å². The summed E-state index contributed by atoms with van der Waals surface area (Å²) in [5.41, 5.74) is 4.39. The molecule has 0 spiro atoms. The SMILES string of the molecule is Cc1ccc(CC(=O)N(CCCN2CCOCC2)c2nc3ccc(Br)cc3s2)c(C)c1.Cl. The van der Waals surface area contributed by atoms with Gasteiger partial charge < -0.3 is 4.74 Å². The largest absolute Gasteiger partial charge is 0.379 e. The van der Waals surface area contributed by atoms with Crippen LogP contribution in [0.3, 0.4) is 0 Å². The highest BCUT2D eigenvalue weighted by atomic mass is 79.9. The van der Waals surface area contributed by atoms with Gasteiger partial charge in [-0.1, -0.05) is 51.0 Å². The summed E-state index contributed by atoms with van der Waals surface area (Å²) in [5, 5.41) is 0.782. The molecule has 1 fully saturated rings. The third-order valence-corrected chi connectivity index (χ3v) is 7.21. The van der Waals surface area contributed by atoms with Crippen LogP contribution in [0.2, 0.25) is 0 Å². The van der Waals surface area contributed by atoms with E-state index < -0.39 is 0 Å². The number of ether oxygens (including phenoxy) is 1. The molecular formula is C24H29BrClN3O2S. The number of fused-ring (bicyclic) bond motifs is 1. The van der Waals surface area contributed by atoms with Crippen molar-refractivity contribution in [2.45, 2.75) is 26.7 Å². The number of benzene rings is 2. The lowest BCUT2D eigenvalue weighted by Gasteiger charge is -2.27. The molecule has 0 unspecified atom stereocenters. The molecule has 0 atom stereocenters.